The molecule has 4 aromatic rings. The Hall–Kier alpha value is -3.92. The van der Waals surface area contributed by atoms with Gasteiger partial charge in [0.2, 0.25) is 0 Å². The van der Waals surface area contributed by atoms with Crippen LogP contribution in [0.5, 0.6) is 0 Å². The van der Waals surface area contributed by atoms with Gasteiger partial charge in [-0.25, -0.2) is 27.9 Å². The molecule has 0 aliphatic heterocycles. The highest BCUT2D eigenvalue weighted by atomic mass is 32.2. The van der Waals surface area contributed by atoms with Crippen LogP contribution in [0.2, 0.25) is 0 Å². The molecule has 0 radical (unpaired) electrons. The van der Waals surface area contributed by atoms with Crippen molar-refractivity contribution in [3.05, 3.63) is 78.4 Å². The summed E-state index contributed by atoms with van der Waals surface area (Å²) in [5.41, 5.74) is 3.21. The van der Waals surface area contributed by atoms with Crippen molar-refractivity contribution < 1.29 is 22.4 Å². The zero-order chi connectivity index (χ0) is 25.0. The Morgan fingerprint density at radius 1 is 1.09 bits per heavy atom. The summed E-state index contributed by atoms with van der Waals surface area (Å²) >= 11 is 0. The summed E-state index contributed by atoms with van der Waals surface area (Å²) in [6.45, 7) is 4.72. The Balaban J connectivity index is 1.67. The highest BCUT2D eigenvalue weighted by Gasteiger charge is 2.23. The van der Waals surface area contributed by atoms with Gasteiger partial charge in [-0.05, 0) is 41.2 Å². The van der Waals surface area contributed by atoms with Crippen molar-refractivity contribution in [2.24, 2.45) is 5.92 Å². The van der Waals surface area contributed by atoms with Crippen molar-refractivity contribution >= 4 is 16.1 Å². The SMILES string of the molecule is COC(=O)NS(=O)(=O)c1ccc(CC(C)C)cc1-c1ccc(Cn2ccnc2-c2ncco2)cc1. The first kappa shape index (κ1) is 24.2. The van der Waals surface area contributed by atoms with Crippen molar-refractivity contribution in [2.75, 3.05) is 7.11 Å². The predicted octanol–water partition coefficient (Wildman–Crippen LogP) is 4.50. The van der Waals surface area contributed by atoms with Gasteiger partial charge >= 0.3 is 6.09 Å². The molecule has 0 aliphatic carbocycles. The lowest BCUT2D eigenvalue weighted by molar-refractivity contribution is 0.177. The molecule has 2 heterocycles. The average molecular weight is 495 g/mol. The van der Waals surface area contributed by atoms with Crippen LogP contribution in [0.4, 0.5) is 4.79 Å². The Bertz CT molecular complexity index is 1410. The van der Waals surface area contributed by atoms with Crippen LogP contribution >= 0.6 is 0 Å². The number of hydrogen-bond donors (Lipinski definition) is 1. The molecule has 0 fully saturated rings. The van der Waals surface area contributed by atoms with Gasteiger partial charge in [0, 0.05) is 24.5 Å². The summed E-state index contributed by atoms with van der Waals surface area (Å²) in [7, 11) is -3.02. The number of amides is 1. The minimum Gasteiger partial charge on any atom is -0.452 e. The minimum atomic E-state index is -4.13. The number of ether oxygens (including phenoxy) is 1. The third kappa shape index (κ3) is 5.60. The molecule has 0 saturated heterocycles. The fourth-order valence-electron chi connectivity index (χ4n) is 3.80. The number of carbonyl (C=O) groups excluding carboxylic acids is 1. The molecule has 4 rings (SSSR count). The number of oxazole rings is 1. The van der Waals surface area contributed by atoms with Crippen LogP contribution < -0.4 is 4.72 Å². The third-order valence-electron chi connectivity index (χ3n) is 5.34. The second kappa shape index (κ2) is 10.1. The number of methoxy groups -OCH3 is 1. The van der Waals surface area contributed by atoms with E-state index in [2.05, 4.69) is 28.6 Å². The fraction of sp³-hybridized carbons (Fsp3) is 0.240. The maximum absolute atomic E-state index is 12.9. The van der Waals surface area contributed by atoms with E-state index in [0.29, 0.717) is 35.3 Å². The fourth-order valence-corrected chi connectivity index (χ4v) is 4.92. The number of aromatic nitrogens is 3. The molecule has 182 valence electrons. The number of sulfonamides is 1. The summed E-state index contributed by atoms with van der Waals surface area (Å²) in [6.07, 6.45) is 6.33. The van der Waals surface area contributed by atoms with Crippen molar-refractivity contribution in [3.8, 4) is 22.8 Å². The first-order chi connectivity index (χ1) is 16.8. The number of carbonyl (C=O) groups is 1. The zero-order valence-electron chi connectivity index (χ0n) is 19.6. The van der Waals surface area contributed by atoms with Crippen LogP contribution in [0.25, 0.3) is 22.8 Å². The van der Waals surface area contributed by atoms with E-state index < -0.39 is 16.1 Å². The largest absolute Gasteiger partial charge is 0.452 e. The van der Waals surface area contributed by atoms with Gasteiger partial charge in [-0.1, -0.05) is 44.2 Å². The molecule has 35 heavy (non-hydrogen) atoms. The van der Waals surface area contributed by atoms with E-state index in [1.807, 2.05) is 45.8 Å². The maximum atomic E-state index is 12.9. The molecule has 0 spiro atoms. The van der Waals surface area contributed by atoms with Crippen molar-refractivity contribution in [3.63, 3.8) is 0 Å². The lowest BCUT2D eigenvalue weighted by Gasteiger charge is -2.15. The summed E-state index contributed by atoms with van der Waals surface area (Å²) < 4.78 is 39.5. The number of benzene rings is 2. The molecular weight excluding hydrogens is 468 g/mol. The van der Waals surface area contributed by atoms with Gasteiger partial charge in [-0.3, -0.25) is 0 Å². The van der Waals surface area contributed by atoms with E-state index in [9.17, 15) is 13.2 Å². The lowest BCUT2D eigenvalue weighted by atomic mass is 9.97. The topological polar surface area (TPSA) is 116 Å². The van der Waals surface area contributed by atoms with Crippen LogP contribution in [-0.4, -0.2) is 36.2 Å². The first-order valence-electron chi connectivity index (χ1n) is 11.0. The third-order valence-corrected chi connectivity index (χ3v) is 6.71. The highest BCUT2D eigenvalue weighted by molar-refractivity contribution is 7.90. The smallest absolute Gasteiger partial charge is 0.420 e. The minimum absolute atomic E-state index is 0.00365. The van der Waals surface area contributed by atoms with Crippen molar-refractivity contribution in [2.45, 2.75) is 31.7 Å². The Kier molecular flexibility index (Phi) is 7.02. The number of nitrogens with zero attached hydrogens (tertiary/aromatic N) is 3. The van der Waals surface area contributed by atoms with E-state index >= 15 is 0 Å². The number of hydrogen-bond acceptors (Lipinski definition) is 7. The molecule has 0 atom stereocenters. The van der Waals surface area contributed by atoms with Gasteiger partial charge < -0.3 is 13.7 Å². The summed E-state index contributed by atoms with van der Waals surface area (Å²) in [6, 6.07) is 12.7. The normalized spacial score (nSPS) is 11.5. The summed E-state index contributed by atoms with van der Waals surface area (Å²) in [4.78, 5) is 20.1. The molecule has 1 amide bonds. The van der Waals surface area contributed by atoms with Crippen LogP contribution in [0.15, 0.2) is 76.6 Å². The molecule has 0 unspecified atom stereocenters. The Morgan fingerprint density at radius 2 is 1.83 bits per heavy atom. The molecule has 10 heteroatoms. The van der Waals surface area contributed by atoms with Gasteiger partial charge in [-0.2, -0.15) is 0 Å². The van der Waals surface area contributed by atoms with Crippen LogP contribution in [-0.2, 0) is 27.7 Å². The van der Waals surface area contributed by atoms with E-state index in [-0.39, 0.29) is 4.90 Å². The van der Waals surface area contributed by atoms with Crippen molar-refractivity contribution in [1.82, 2.24) is 19.3 Å². The first-order valence-corrected chi connectivity index (χ1v) is 12.5. The summed E-state index contributed by atoms with van der Waals surface area (Å²) in [5, 5.41) is 0. The average Bonchev–Trinajstić information content (AvgIpc) is 3.50. The quantitative estimate of drug-likeness (QED) is 0.383. The lowest BCUT2D eigenvalue weighted by Crippen LogP contribution is -2.30. The van der Waals surface area contributed by atoms with Gasteiger partial charge in [-0.15, -0.1) is 0 Å². The Labute approximate surface area is 203 Å². The van der Waals surface area contributed by atoms with E-state index in [1.165, 1.54) is 12.3 Å². The van der Waals surface area contributed by atoms with Gasteiger partial charge in [0.1, 0.15) is 6.26 Å². The highest BCUT2D eigenvalue weighted by Crippen LogP contribution is 2.30. The van der Waals surface area contributed by atoms with Gasteiger partial charge in [0.25, 0.3) is 15.9 Å². The molecule has 2 aromatic carbocycles. The Morgan fingerprint density at radius 3 is 2.49 bits per heavy atom. The number of imidazole rings is 1. The molecule has 9 nitrogen and oxygen atoms in total. The van der Waals surface area contributed by atoms with Crippen LogP contribution in [0.3, 0.4) is 0 Å². The molecule has 0 aliphatic rings. The molecule has 1 N–H and O–H groups in total. The summed E-state index contributed by atoms with van der Waals surface area (Å²) in [5.74, 6) is 1.44. The second-order valence-electron chi connectivity index (χ2n) is 8.44. The molecule has 0 saturated carbocycles. The van der Waals surface area contributed by atoms with Crippen LogP contribution in [0.1, 0.15) is 25.0 Å². The molecule has 2 aromatic heterocycles. The molecule has 0 bridgehead atoms. The second-order valence-corrected chi connectivity index (χ2v) is 10.1. The van der Waals surface area contributed by atoms with E-state index in [1.54, 1.807) is 18.5 Å². The molecular formula is C25H26N4O5S. The zero-order valence-corrected chi connectivity index (χ0v) is 20.5. The van der Waals surface area contributed by atoms with Gasteiger partial charge in [0.05, 0.1) is 18.2 Å². The van der Waals surface area contributed by atoms with E-state index in [0.717, 1.165) is 24.7 Å². The monoisotopic (exact) mass is 494 g/mol. The standard InChI is InChI=1S/C25H26N4O5S/c1-17(2)14-19-6-9-22(35(31,32)28-25(30)33-3)21(15-19)20-7-4-18(5-8-20)16-29-12-10-26-23(29)24-27-11-13-34-24/h4-13,15,17H,14,16H2,1-3H3,(H,28,30). The number of nitrogens with one attached hydrogen (secondary N) is 1. The predicted molar refractivity (Wildman–Crippen MR) is 130 cm³/mol. The van der Waals surface area contributed by atoms with Crippen LogP contribution in [0, 0.1) is 5.92 Å². The van der Waals surface area contributed by atoms with Crippen molar-refractivity contribution in [1.29, 1.82) is 0 Å². The van der Waals surface area contributed by atoms with E-state index in [4.69, 9.17) is 4.42 Å². The maximum Gasteiger partial charge on any atom is 0.420 e. The number of rotatable bonds is 8. The van der Waals surface area contributed by atoms with Gasteiger partial charge in [0.15, 0.2) is 5.82 Å².